The van der Waals surface area contributed by atoms with Crippen LogP contribution in [0.3, 0.4) is 0 Å². The van der Waals surface area contributed by atoms with Gasteiger partial charge < -0.3 is 0 Å². The molecule has 0 nitrogen and oxygen atoms in total. The topological polar surface area (TPSA) is 0 Å². The minimum atomic E-state index is -0.0933. The molecule has 0 aliphatic carbocycles. The molecule has 0 spiro atoms. The van der Waals surface area contributed by atoms with E-state index in [0.29, 0.717) is 5.92 Å². The maximum absolute atomic E-state index is 2.40. The van der Waals surface area contributed by atoms with Crippen LogP contribution < -0.4 is 3.61 Å². The van der Waals surface area contributed by atoms with E-state index in [9.17, 15) is 0 Å². The Morgan fingerprint density at radius 1 is 0.765 bits per heavy atom. The fraction of sp³-hybridized carbons (Fsp3) is 0.250. The van der Waals surface area contributed by atoms with Crippen LogP contribution in [0.15, 0.2) is 60.7 Å². The summed E-state index contributed by atoms with van der Waals surface area (Å²) in [6.07, 6.45) is 0. The summed E-state index contributed by atoms with van der Waals surface area (Å²) >= 11 is -0.0933. The second-order valence-electron chi connectivity index (χ2n) is 4.34. The number of hydrogen-bond donors (Lipinski definition) is 0. The van der Waals surface area contributed by atoms with Gasteiger partial charge in [0.05, 0.1) is 0 Å². The quantitative estimate of drug-likeness (QED) is 0.747. The molecule has 0 radical (unpaired) electrons. The van der Waals surface area contributed by atoms with Crippen LogP contribution in [-0.4, -0.2) is 20.9 Å². The van der Waals surface area contributed by atoms with E-state index < -0.39 is 0 Å². The summed E-state index contributed by atoms with van der Waals surface area (Å²) in [5.74, 6) is 0.666. The molecular weight excluding hydrogens is 320 g/mol. The average Bonchev–Trinajstić information content (AvgIpc) is 2.40. The van der Waals surface area contributed by atoms with Gasteiger partial charge in [0.25, 0.3) is 0 Å². The van der Waals surface area contributed by atoms with Gasteiger partial charge >= 0.3 is 114 Å². The van der Waals surface area contributed by atoms with Crippen LogP contribution in [0.25, 0.3) is 0 Å². The molecule has 0 aromatic heterocycles. The Kier molecular flexibility index (Phi) is 4.65. The van der Waals surface area contributed by atoms with Crippen LogP contribution in [0, 0.1) is 0 Å². The molecule has 2 aromatic carbocycles. The first kappa shape index (κ1) is 12.7. The van der Waals surface area contributed by atoms with Crippen molar-refractivity contribution >= 4 is 24.5 Å². The van der Waals surface area contributed by atoms with Gasteiger partial charge in [-0.3, -0.25) is 0 Å². The minimum absolute atomic E-state index is 0.0933. The van der Waals surface area contributed by atoms with Crippen LogP contribution in [-0.2, 0) is 0 Å². The van der Waals surface area contributed by atoms with Gasteiger partial charge in [0.1, 0.15) is 0 Å². The van der Waals surface area contributed by atoms with Crippen molar-refractivity contribution in [2.24, 2.45) is 0 Å². The van der Waals surface area contributed by atoms with Crippen molar-refractivity contribution in [2.45, 2.75) is 23.7 Å². The molecule has 0 aliphatic rings. The summed E-state index contributed by atoms with van der Waals surface area (Å²) in [6.45, 7) is 4.75. The van der Waals surface area contributed by atoms with Crippen LogP contribution >= 0.6 is 0 Å². The van der Waals surface area contributed by atoms with Gasteiger partial charge in [-0.05, 0) is 0 Å². The normalized spacial score (nSPS) is 14.2. The maximum atomic E-state index is 2.40. The van der Waals surface area contributed by atoms with Crippen molar-refractivity contribution in [1.29, 1.82) is 0 Å². The average molecular weight is 338 g/mol. The molecule has 88 valence electrons. The van der Waals surface area contributed by atoms with Crippen molar-refractivity contribution < 1.29 is 0 Å². The molecule has 0 amide bonds. The summed E-state index contributed by atoms with van der Waals surface area (Å²) in [5.41, 5.74) is 1.47. The van der Waals surface area contributed by atoms with Crippen LogP contribution in [0.5, 0.6) is 0 Å². The molecule has 2 atom stereocenters. The predicted octanol–water partition coefficient (Wildman–Crippen LogP) is 3.63. The predicted molar refractivity (Wildman–Crippen MR) is 76.1 cm³/mol. The fourth-order valence-electron chi connectivity index (χ4n) is 1.84. The first-order chi connectivity index (χ1) is 8.27. The molecule has 0 saturated carbocycles. The summed E-state index contributed by atoms with van der Waals surface area (Å²) < 4.78 is 2.36. The molecular formula is C16H18Te. The van der Waals surface area contributed by atoms with Crippen LogP contribution in [0.2, 0.25) is 3.97 Å². The van der Waals surface area contributed by atoms with Gasteiger partial charge in [-0.25, -0.2) is 0 Å². The SMILES string of the molecule is CC([Te]c1ccccc1)C(C)c1ccccc1. The molecule has 0 heterocycles. The van der Waals surface area contributed by atoms with Gasteiger partial charge in [-0.1, -0.05) is 0 Å². The number of benzene rings is 2. The standard InChI is InChI=1S/C16H18Te/c1-13(15-9-5-3-6-10-15)14(2)17-16-11-7-4-8-12-16/h3-14H,1-2H3. The molecule has 1 heteroatoms. The third-order valence-electron chi connectivity index (χ3n) is 3.09. The first-order valence-electron chi connectivity index (χ1n) is 6.04. The van der Waals surface area contributed by atoms with Crippen molar-refractivity contribution in [1.82, 2.24) is 0 Å². The van der Waals surface area contributed by atoms with Gasteiger partial charge in [0.2, 0.25) is 0 Å². The first-order valence-corrected chi connectivity index (χ1v) is 8.55. The zero-order chi connectivity index (χ0) is 12.1. The van der Waals surface area contributed by atoms with Gasteiger partial charge in [0.15, 0.2) is 0 Å². The van der Waals surface area contributed by atoms with E-state index in [1.54, 1.807) is 3.61 Å². The van der Waals surface area contributed by atoms with E-state index in [0.717, 1.165) is 3.97 Å². The van der Waals surface area contributed by atoms with Crippen LogP contribution in [0.4, 0.5) is 0 Å². The summed E-state index contributed by atoms with van der Waals surface area (Å²) in [5, 5.41) is 0. The summed E-state index contributed by atoms with van der Waals surface area (Å²) in [7, 11) is 0. The van der Waals surface area contributed by atoms with E-state index in [1.807, 2.05) is 0 Å². The van der Waals surface area contributed by atoms with E-state index in [-0.39, 0.29) is 20.9 Å². The van der Waals surface area contributed by atoms with E-state index >= 15 is 0 Å². The van der Waals surface area contributed by atoms with Crippen molar-refractivity contribution in [3.63, 3.8) is 0 Å². The van der Waals surface area contributed by atoms with E-state index in [4.69, 9.17) is 0 Å². The molecule has 0 aliphatic heterocycles. The Bertz CT molecular complexity index is 436. The third-order valence-corrected chi connectivity index (χ3v) is 6.87. The fourth-order valence-corrected chi connectivity index (χ4v) is 5.00. The zero-order valence-electron chi connectivity index (χ0n) is 10.3. The molecule has 0 bridgehead atoms. The third kappa shape index (κ3) is 3.60. The Hall–Kier alpha value is -0.770. The van der Waals surface area contributed by atoms with Gasteiger partial charge in [-0.15, -0.1) is 0 Å². The van der Waals surface area contributed by atoms with E-state index in [2.05, 4.69) is 74.5 Å². The zero-order valence-corrected chi connectivity index (χ0v) is 12.7. The molecule has 17 heavy (non-hydrogen) atoms. The second kappa shape index (κ2) is 6.24. The molecule has 0 N–H and O–H groups in total. The van der Waals surface area contributed by atoms with E-state index in [1.165, 1.54) is 5.56 Å². The monoisotopic (exact) mass is 340 g/mol. The molecule has 0 saturated heterocycles. The Morgan fingerprint density at radius 2 is 1.29 bits per heavy atom. The van der Waals surface area contributed by atoms with Crippen LogP contribution in [0.1, 0.15) is 25.3 Å². The van der Waals surface area contributed by atoms with Crippen molar-refractivity contribution in [3.05, 3.63) is 66.2 Å². The Morgan fingerprint density at radius 3 is 1.88 bits per heavy atom. The van der Waals surface area contributed by atoms with Gasteiger partial charge in [-0.2, -0.15) is 0 Å². The van der Waals surface area contributed by atoms with Crippen molar-refractivity contribution in [2.75, 3.05) is 0 Å². The molecule has 0 fully saturated rings. The second-order valence-corrected chi connectivity index (χ2v) is 8.48. The summed E-state index contributed by atoms with van der Waals surface area (Å²) in [4.78, 5) is 0. The number of hydrogen-bond acceptors (Lipinski definition) is 0. The summed E-state index contributed by atoms with van der Waals surface area (Å²) in [6, 6.07) is 21.8. The Labute approximate surface area is 114 Å². The number of rotatable bonds is 4. The Balaban J connectivity index is 2.03. The molecule has 2 rings (SSSR count). The molecule has 2 unspecified atom stereocenters. The molecule has 2 aromatic rings. The van der Waals surface area contributed by atoms with Gasteiger partial charge in [0, 0.05) is 0 Å². The van der Waals surface area contributed by atoms with Crippen molar-refractivity contribution in [3.8, 4) is 0 Å².